The van der Waals surface area contributed by atoms with Crippen molar-refractivity contribution in [3.05, 3.63) is 66.6 Å². The topological polar surface area (TPSA) is 201 Å². The van der Waals surface area contributed by atoms with Gasteiger partial charge in [0.05, 0.1) is 17.9 Å². The first-order valence-electron chi connectivity index (χ1n) is 14.8. The average molecular weight is 671 g/mol. The maximum Gasteiger partial charge on any atom is 0.459 e. The molecule has 16 heteroatoms. The number of aliphatic hydroxyl groups is 2. The third-order valence-electron chi connectivity index (χ3n) is 7.89. The molecule has 0 bridgehead atoms. The molecule has 3 heterocycles. The van der Waals surface area contributed by atoms with Gasteiger partial charge in [-0.05, 0) is 44.4 Å². The molecule has 252 valence electrons. The van der Waals surface area contributed by atoms with Crippen LogP contribution in [-0.2, 0) is 33.7 Å². The molecule has 5 rings (SSSR count). The summed E-state index contributed by atoms with van der Waals surface area (Å²) in [7, 11) is -1.44. The van der Waals surface area contributed by atoms with Crippen molar-refractivity contribution < 1.29 is 42.8 Å². The van der Waals surface area contributed by atoms with Gasteiger partial charge >= 0.3 is 13.7 Å². The van der Waals surface area contributed by atoms with Crippen molar-refractivity contribution in [1.29, 1.82) is 0 Å². The fourth-order valence-corrected chi connectivity index (χ4v) is 6.71. The monoisotopic (exact) mass is 670 g/mol. The van der Waals surface area contributed by atoms with Gasteiger partial charge in [-0.1, -0.05) is 36.4 Å². The molecule has 1 fully saturated rings. The molecule has 2 aromatic heterocycles. The molecule has 0 amide bonds. The predicted octanol–water partition coefficient (Wildman–Crippen LogP) is 2.63. The van der Waals surface area contributed by atoms with E-state index in [4.69, 9.17) is 29.0 Å². The van der Waals surface area contributed by atoms with Crippen molar-refractivity contribution in [3.63, 3.8) is 0 Å². The Hall–Kier alpha value is -3.95. The number of nitrogens with one attached hydrogen (secondary N) is 1. The van der Waals surface area contributed by atoms with E-state index in [9.17, 15) is 19.6 Å². The van der Waals surface area contributed by atoms with Crippen molar-refractivity contribution in [2.45, 2.75) is 56.3 Å². The van der Waals surface area contributed by atoms with E-state index in [-0.39, 0.29) is 18.2 Å². The Labute approximate surface area is 271 Å². The first-order chi connectivity index (χ1) is 22.3. The molecule has 47 heavy (non-hydrogen) atoms. The van der Waals surface area contributed by atoms with Crippen LogP contribution in [0.3, 0.4) is 0 Å². The summed E-state index contributed by atoms with van der Waals surface area (Å²) in [5, 5.41) is 30.9. The van der Waals surface area contributed by atoms with Gasteiger partial charge in [-0.2, -0.15) is 10.2 Å². The van der Waals surface area contributed by atoms with E-state index in [1.165, 1.54) is 38.1 Å². The van der Waals surface area contributed by atoms with E-state index >= 15 is 0 Å². The molecule has 0 spiro atoms. The zero-order chi connectivity index (χ0) is 34.0. The first kappa shape index (κ1) is 34.4. The van der Waals surface area contributed by atoms with Gasteiger partial charge in [0.1, 0.15) is 48.6 Å². The van der Waals surface area contributed by atoms with Gasteiger partial charge in [0.2, 0.25) is 0 Å². The van der Waals surface area contributed by atoms with E-state index in [1.807, 2.05) is 18.2 Å². The molecule has 0 aliphatic carbocycles. The van der Waals surface area contributed by atoms with Crippen molar-refractivity contribution in [1.82, 2.24) is 19.7 Å². The normalized spacial score (nSPS) is 23.7. The zero-order valence-electron chi connectivity index (χ0n) is 26.6. The van der Waals surface area contributed by atoms with Crippen LogP contribution >= 0.6 is 7.75 Å². The number of ether oxygens (including phenoxy) is 3. The standard InChI is InChI=1S/C31H39N6O9P/c1-19(29(40)43-17-30(2,3)42-5)36-47(41,46-23-12-8-10-20-9-6-7-11-21(20)23)44-15-24-26(38)27(39)31(45-24,16-33-4)25-14-13-22-28(32)34-18-35-37(22)25/h6-14,16,18-19,24,26-27,38-39H,15,17H2,1-5H3,(H,36,41)(H2,32,34,35)/t19-,24+,26+,27+,31-,47?/m0/s1. The van der Waals surface area contributed by atoms with E-state index in [0.717, 1.165) is 5.39 Å². The number of methoxy groups -OCH3 is 1. The van der Waals surface area contributed by atoms with Crippen LogP contribution < -0.4 is 15.3 Å². The largest absolute Gasteiger partial charge is 0.461 e. The van der Waals surface area contributed by atoms with Crippen molar-refractivity contribution in [2.75, 3.05) is 33.1 Å². The number of nitrogen functional groups attached to an aromatic ring is 1. The van der Waals surface area contributed by atoms with E-state index in [1.54, 1.807) is 50.2 Å². The number of hydrogen-bond donors (Lipinski definition) is 4. The highest BCUT2D eigenvalue weighted by Crippen LogP contribution is 2.48. The number of nitrogens with two attached hydrogens (primary N) is 1. The summed E-state index contributed by atoms with van der Waals surface area (Å²) in [4.78, 5) is 21.0. The lowest BCUT2D eigenvalue weighted by molar-refractivity contribution is -0.153. The molecule has 5 N–H and O–H groups in total. The first-order valence-corrected chi connectivity index (χ1v) is 16.3. The Bertz CT molecular complexity index is 1810. The van der Waals surface area contributed by atoms with E-state index in [2.05, 4.69) is 20.2 Å². The Morgan fingerprint density at radius 3 is 2.72 bits per heavy atom. The highest BCUT2D eigenvalue weighted by atomic mass is 31.2. The third kappa shape index (κ3) is 7.02. The summed E-state index contributed by atoms with van der Waals surface area (Å²) in [6, 6.07) is 14.6. The Morgan fingerprint density at radius 2 is 1.98 bits per heavy atom. The van der Waals surface area contributed by atoms with Crippen LogP contribution in [0.1, 0.15) is 26.5 Å². The fraction of sp³-hybridized carbons (Fsp3) is 0.419. The van der Waals surface area contributed by atoms with Crippen LogP contribution in [0.15, 0.2) is 65.9 Å². The van der Waals surface area contributed by atoms with Gasteiger partial charge < -0.3 is 34.7 Å². The minimum Gasteiger partial charge on any atom is -0.461 e. The van der Waals surface area contributed by atoms with Gasteiger partial charge in [0, 0.05) is 25.8 Å². The SMILES string of the molecule is CN=C[C@@]1(c2ccc3c(N)ncnn23)O[C@H](COP(=O)(N[C@@H](C)C(=O)OCC(C)(C)OC)Oc2cccc3ccccc23)[C@@H](O)[C@H]1O. The second-order valence-electron chi connectivity index (χ2n) is 11.7. The van der Waals surface area contributed by atoms with Crippen molar-refractivity contribution >= 4 is 42.0 Å². The Kier molecular flexibility index (Phi) is 9.99. The molecular formula is C31H39N6O9P. The number of nitrogens with zero attached hydrogens (tertiary/aromatic N) is 4. The average Bonchev–Trinajstić information content (AvgIpc) is 3.60. The molecule has 1 aliphatic heterocycles. The zero-order valence-corrected chi connectivity index (χ0v) is 27.5. The van der Waals surface area contributed by atoms with Crippen LogP contribution in [0.5, 0.6) is 5.75 Å². The Balaban J connectivity index is 1.42. The van der Waals surface area contributed by atoms with Gasteiger partial charge in [-0.15, -0.1) is 0 Å². The molecule has 1 aliphatic rings. The highest BCUT2D eigenvalue weighted by molar-refractivity contribution is 7.52. The van der Waals surface area contributed by atoms with E-state index in [0.29, 0.717) is 16.6 Å². The van der Waals surface area contributed by atoms with Crippen LogP contribution in [0.25, 0.3) is 16.3 Å². The summed E-state index contributed by atoms with van der Waals surface area (Å²) in [6.07, 6.45) is -1.76. The highest BCUT2D eigenvalue weighted by Gasteiger charge is 2.56. The van der Waals surface area contributed by atoms with E-state index < -0.39 is 55.9 Å². The van der Waals surface area contributed by atoms with Crippen LogP contribution in [0.4, 0.5) is 5.82 Å². The quantitative estimate of drug-likeness (QED) is 0.0920. The van der Waals surface area contributed by atoms with Gasteiger partial charge in [0.15, 0.2) is 11.4 Å². The molecule has 2 aromatic carbocycles. The molecule has 15 nitrogen and oxygen atoms in total. The Morgan fingerprint density at radius 1 is 1.23 bits per heavy atom. The lowest BCUT2D eigenvalue weighted by Gasteiger charge is -2.28. The second kappa shape index (κ2) is 13.6. The molecular weight excluding hydrogens is 631 g/mol. The molecule has 0 radical (unpaired) electrons. The lowest BCUT2D eigenvalue weighted by atomic mass is 9.92. The summed E-state index contributed by atoms with van der Waals surface area (Å²) in [5.41, 5.74) is 4.32. The molecule has 4 aromatic rings. The van der Waals surface area contributed by atoms with Gasteiger partial charge in [-0.25, -0.2) is 14.1 Å². The molecule has 6 atom stereocenters. The fourth-order valence-electron chi connectivity index (χ4n) is 5.19. The lowest BCUT2D eigenvalue weighted by Crippen LogP contribution is -2.43. The maximum atomic E-state index is 14.4. The van der Waals surface area contributed by atoms with Gasteiger partial charge in [-0.3, -0.25) is 14.3 Å². The van der Waals surface area contributed by atoms with Crippen molar-refractivity contribution in [3.8, 4) is 5.75 Å². The van der Waals surface area contributed by atoms with Crippen LogP contribution in [0, 0.1) is 0 Å². The molecule has 1 unspecified atom stereocenters. The number of carbonyl (C=O) groups excluding carboxylic acids is 1. The number of aliphatic hydroxyl groups excluding tert-OH is 2. The summed E-state index contributed by atoms with van der Waals surface area (Å²) in [6.45, 7) is 4.35. The number of hydrogen-bond acceptors (Lipinski definition) is 13. The van der Waals surface area contributed by atoms with Gasteiger partial charge in [0.25, 0.3) is 0 Å². The number of rotatable bonds is 13. The number of aliphatic imine (C=N–C) groups is 1. The summed E-state index contributed by atoms with van der Waals surface area (Å²) < 4.78 is 44.7. The van der Waals surface area contributed by atoms with Crippen LogP contribution in [-0.4, -0.2) is 94.3 Å². The molecule has 0 saturated carbocycles. The number of fused-ring (bicyclic) bond motifs is 2. The summed E-state index contributed by atoms with van der Waals surface area (Å²) >= 11 is 0. The number of carbonyl (C=O) groups is 1. The maximum absolute atomic E-state index is 14.4. The smallest absolute Gasteiger partial charge is 0.459 e. The number of esters is 1. The minimum absolute atomic E-state index is 0.0598. The third-order valence-corrected chi connectivity index (χ3v) is 9.52. The predicted molar refractivity (Wildman–Crippen MR) is 173 cm³/mol. The number of benzene rings is 2. The van der Waals surface area contributed by atoms with Crippen LogP contribution in [0.2, 0.25) is 0 Å². The summed E-state index contributed by atoms with van der Waals surface area (Å²) in [5.74, 6) is -0.316. The minimum atomic E-state index is -4.42. The number of aromatic nitrogens is 3. The second-order valence-corrected chi connectivity index (χ2v) is 13.4. The van der Waals surface area contributed by atoms with Crippen molar-refractivity contribution in [2.24, 2.45) is 4.99 Å². The number of anilines is 1. The molecule has 1 saturated heterocycles.